The van der Waals surface area contributed by atoms with Gasteiger partial charge >= 0.3 is 6.18 Å². The minimum absolute atomic E-state index is 0.0344. The van der Waals surface area contributed by atoms with E-state index >= 15 is 0 Å². The number of hydrogen-bond acceptors (Lipinski definition) is 7. The molecule has 0 spiro atoms. The molecule has 0 unspecified atom stereocenters. The average molecular weight is 639 g/mol. The van der Waals surface area contributed by atoms with Crippen molar-refractivity contribution in [2.24, 2.45) is 5.92 Å². The second-order valence-corrected chi connectivity index (χ2v) is 11.8. The van der Waals surface area contributed by atoms with E-state index in [1.165, 1.54) is 14.0 Å². The van der Waals surface area contributed by atoms with Crippen molar-refractivity contribution in [3.05, 3.63) is 77.1 Å². The molecule has 3 heterocycles. The molecule has 1 aliphatic rings. The van der Waals surface area contributed by atoms with E-state index in [-0.39, 0.29) is 53.5 Å². The summed E-state index contributed by atoms with van der Waals surface area (Å²) in [6.45, 7) is 7.68. The maximum absolute atomic E-state index is 14.4. The number of hydrogen-bond donors (Lipinski definition) is 2. The normalized spacial score (nSPS) is 16.6. The number of aromatic nitrogens is 3. The van der Waals surface area contributed by atoms with E-state index < -0.39 is 23.8 Å². The molecule has 0 bridgehead atoms. The Morgan fingerprint density at radius 1 is 1.13 bits per heavy atom. The van der Waals surface area contributed by atoms with Crippen molar-refractivity contribution in [1.82, 2.24) is 24.4 Å². The van der Waals surface area contributed by atoms with Crippen LogP contribution in [-0.4, -0.2) is 80.7 Å². The largest absolute Gasteiger partial charge is 0.497 e. The molecule has 46 heavy (non-hydrogen) atoms. The highest BCUT2D eigenvalue weighted by Crippen LogP contribution is 2.37. The number of nitrogens with zero attached hydrogens (tertiary/aromatic N) is 5. The number of methoxy groups -OCH3 is 1. The van der Waals surface area contributed by atoms with Crippen molar-refractivity contribution in [3.8, 4) is 17.0 Å². The number of nitrogens with one attached hydrogen (secondary N) is 1. The van der Waals surface area contributed by atoms with Crippen LogP contribution in [-0.2, 0) is 11.0 Å². The smallest absolute Gasteiger partial charge is 0.433 e. The van der Waals surface area contributed by atoms with E-state index in [2.05, 4.69) is 20.3 Å². The molecule has 2 amide bonds. The fourth-order valence-corrected chi connectivity index (χ4v) is 5.85. The molecule has 13 heteroatoms. The molecule has 10 nitrogen and oxygen atoms in total. The third-order valence-corrected chi connectivity index (χ3v) is 8.34. The number of rotatable bonds is 8. The summed E-state index contributed by atoms with van der Waals surface area (Å²) >= 11 is 0. The number of amides is 2. The molecule has 0 radical (unpaired) electrons. The predicted molar refractivity (Wildman–Crippen MR) is 167 cm³/mol. The number of aliphatic hydroxyl groups excluding tert-OH is 1. The molecule has 2 aromatic carbocycles. The van der Waals surface area contributed by atoms with Crippen LogP contribution in [0, 0.1) is 12.8 Å². The Hall–Kier alpha value is -4.49. The van der Waals surface area contributed by atoms with Gasteiger partial charge in [-0.1, -0.05) is 26.0 Å². The molecule has 2 atom stereocenters. The predicted octanol–water partition coefficient (Wildman–Crippen LogP) is 5.21. The van der Waals surface area contributed by atoms with Crippen molar-refractivity contribution < 1.29 is 32.6 Å². The highest BCUT2D eigenvalue weighted by atomic mass is 19.4. The van der Waals surface area contributed by atoms with Gasteiger partial charge in [0.2, 0.25) is 5.91 Å². The Morgan fingerprint density at radius 2 is 1.85 bits per heavy atom. The van der Waals surface area contributed by atoms with E-state index in [1.54, 1.807) is 49.1 Å². The number of aliphatic hydroxyl groups is 1. The fraction of sp³-hybridized carbons (Fsp3) is 0.394. The lowest BCUT2D eigenvalue weighted by Gasteiger charge is -2.43. The lowest BCUT2D eigenvalue weighted by atomic mass is 10.0. The summed E-state index contributed by atoms with van der Waals surface area (Å²) in [5.74, 6) is -0.244. The Bertz CT molecular complexity index is 1740. The van der Waals surface area contributed by atoms with Gasteiger partial charge in [0.15, 0.2) is 11.3 Å². The zero-order valence-corrected chi connectivity index (χ0v) is 26.3. The minimum atomic E-state index is -4.76. The third-order valence-electron chi connectivity index (χ3n) is 8.34. The van der Waals surface area contributed by atoms with Crippen LogP contribution in [0.4, 0.5) is 18.9 Å². The number of alkyl halides is 3. The minimum Gasteiger partial charge on any atom is -0.497 e. The second-order valence-electron chi connectivity index (χ2n) is 11.8. The van der Waals surface area contributed by atoms with Gasteiger partial charge in [0.25, 0.3) is 5.91 Å². The molecule has 1 fully saturated rings. The topological polar surface area (TPSA) is 112 Å². The monoisotopic (exact) mass is 638 g/mol. The van der Waals surface area contributed by atoms with Crippen LogP contribution in [0.2, 0.25) is 0 Å². The number of benzene rings is 2. The van der Waals surface area contributed by atoms with Gasteiger partial charge in [-0.05, 0) is 55.8 Å². The average Bonchev–Trinajstić information content (AvgIpc) is 3.43. The molecule has 5 rings (SSSR count). The van der Waals surface area contributed by atoms with Gasteiger partial charge in [-0.2, -0.15) is 18.3 Å². The standard InChI is InChI=1S/C33H37F3N6O4/c1-19(2)31(44)38-24-8-6-7-23(15-24)27(18-43)40-13-14-41(20(3)17-40)32(45)26-16-37-42-29(33(34,35)36)21(4)28(39-30(26)42)22-9-11-25(46-5)12-10-22/h6-12,15-16,19-20,27,43H,13-14,17-18H2,1-5H3,(H,38,44)/t20-,27+/m1/s1. The number of fused-ring (bicyclic) bond motifs is 1. The van der Waals surface area contributed by atoms with Crippen LogP contribution in [0.25, 0.3) is 16.9 Å². The van der Waals surface area contributed by atoms with Gasteiger partial charge in [-0.15, -0.1) is 0 Å². The van der Waals surface area contributed by atoms with Crippen molar-refractivity contribution in [1.29, 1.82) is 0 Å². The third kappa shape index (κ3) is 6.42. The van der Waals surface area contributed by atoms with Crippen molar-refractivity contribution in [2.45, 2.75) is 46.0 Å². The Kier molecular flexibility index (Phi) is 9.36. The zero-order chi connectivity index (χ0) is 33.3. The Labute approximate surface area is 264 Å². The van der Waals surface area contributed by atoms with Gasteiger partial charge in [0, 0.05) is 48.4 Å². The molecule has 4 aromatic rings. The van der Waals surface area contributed by atoms with E-state index in [1.807, 2.05) is 25.1 Å². The SMILES string of the molecule is COc1ccc(-c2nc3c(C(=O)N4CCN([C@@H](CO)c5cccc(NC(=O)C(C)C)c5)C[C@H]4C)cnn3c(C(F)(F)F)c2C)cc1. The molecule has 2 aromatic heterocycles. The first kappa shape index (κ1) is 32.9. The summed E-state index contributed by atoms with van der Waals surface area (Å²) < 4.78 is 49.0. The summed E-state index contributed by atoms with van der Waals surface area (Å²) in [7, 11) is 1.49. The van der Waals surface area contributed by atoms with Crippen LogP contribution in [0.15, 0.2) is 54.7 Å². The van der Waals surface area contributed by atoms with Crippen LogP contribution >= 0.6 is 0 Å². The molecule has 1 saturated heterocycles. The quantitative estimate of drug-likeness (QED) is 0.273. The van der Waals surface area contributed by atoms with Gasteiger partial charge in [0.05, 0.1) is 31.6 Å². The number of ether oxygens (including phenoxy) is 1. The lowest BCUT2D eigenvalue weighted by Crippen LogP contribution is -2.55. The van der Waals surface area contributed by atoms with Crippen molar-refractivity contribution in [3.63, 3.8) is 0 Å². The molecule has 1 aliphatic heterocycles. The summed E-state index contributed by atoms with van der Waals surface area (Å²) in [4.78, 5) is 34.3. The molecular weight excluding hydrogens is 601 g/mol. The lowest BCUT2D eigenvalue weighted by molar-refractivity contribution is -0.143. The first-order valence-corrected chi connectivity index (χ1v) is 15.0. The Morgan fingerprint density at radius 3 is 2.46 bits per heavy atom. The molecular formula is C33H37F3N6O4. The molecule has 0 aliphatic carbocycles. The van der Waals surface area contributed by atoms with Crippen LogP contribution in [0.1, 0.15) is 54.0 Å². The molecule has 0 saturated carbocycles. The summed E-state index contributed by atoms with van der Waals surface area (Å²) in [6.07, 6.45) is -3.62. The van der Waals surface area contributed by atoms with E-state index in [0.29, 0.717) is 34.6 Å². The van der Waals surface area contributed by atoms with Crippen LogP contribution in [0.3, 0.4) is 0 Å². The van der Waals surface area contributed by atoms with Crippen molar-refractivity contribution >= 4 is 23.1 Å². The molecule has 244 valence electrons. The highest BCUT2D eigenvalue weighted by Gasteiger charge is 2.40. The molecule has 2 N–H and O–H groups in total. The van der Waals surface area contributed by atoms with Gasteiger partial charge in [-0.25, -0.2) is 9.50 Å². The van der Waals surface area contributed by atoms with E-state index in [4.69, 9.17) is 4.74 Å². The zero-order valence-electron chi connectivity index (χ0n) is 26.3. The van der Waals surface area contributed by atoms with Gasteiger partial charge in [-0.3, -0.25) is 14.5 Å². The van der Waals surface area contributed by atoms with Crippen LogP contribution < -0.4 is 10.1 Å². The number of carbonyl (C=O) groups is 2. The first-order valence-electron chi connectivity index (χ1n) is 15.0. The first-order chi connectivity index (χ1) is 21.8. The van der Waals surface area contributed by atoms with Crippen LogP contribution in [0.5, 0.6) is 5.75 Å². The van der Waals surface area contributed by atoms with Gasteiger partial charge < -0.3 is 20.1 Å². The Balaban J connectivity index is 1.42. The van der Waals surface area contributed by atoms with E-state index in [9.17, 15) is 27.9 Å². The number of carbonyl (C=O) groups excluding carboxylic acids is 2. The van der Waals surface area contributed by atoms with Crippen molar-refractivity contribution in [2.75, 3.05) is 38.7 Å². The number of piperazine rings is 1. The fourth-order valence-electron chi connectivity index (χ4n) is 5.85. The number of halogens is 3. The second kappa shape index (κ2) is 13.1. The number of anilines is 1. The summed E-state index contributed by atoms with van der Waals surface area (Å²) in [6, 6.07) is 13.1. The van der Waals surface area contributed by atoms with Gasteiger partial charge in [0.1, 0.15) is 11.3 Å². The highest BCUT2D eigenvalue weighted by molar-refractivity contribution is 6.00. The van der Waals surface area contributed by atoms with E-state index in [0.717, 1.165) is 11.8 Å². The summed E-state index contributed by atoms with van der Waals surface area (Å²) in [5, 5.41) is 17.2. The maximum Gasteiger partial charge on any atom is 0.433 e. The summed E-state index contributed by atoms with van der Waals surface area (Å²) in [5.41, 5.74) is 0.631. The maximum atomic E-state index is 14.4.